The van der Waals surface area contributed by atoms with Crippen LogP contribution in [0.4, 0.5) is 0 Å². The summed E-state index contributed by atoms with van der Waals surface area (Å²) in [5.74, 6) is 0.0173. The Hall–Kier alpha value is -1.81. The molecule has 1 aromatic heterocycles. The second kappa shape index (κ2) is 6.57. The molecule has 0 bridgehead atoms. The number of H-pyrrole nitrogens is 1. The summed E-state index contributed by atoms with van der Waals surface area (Å²) in [4.78, 5) is 17.2. The Bertz CT molecular complexity index is 576. The normalized spacial score (nSPS) is 12.6. The van der Waals surface area contributed by atoms with E-state index in [0.717, 1.165) is 35.9 Å². The number of hydrogen-bond donors (Lipinski definition) is 2. The molecule has 108 valence electrons. The number of amides is 1. The largest absolute Gasteiger partial charge is 0.361 e. The second-order valence-electron chi connectivity index (χ2n) is 5.28. The summed E-state index contributed by atoms with van der Waals surface area (Å²) in [5.41, 5.74) is 8.25. The van der Waals surface area contributed by atoms with Crippen LogP contribution in [0.1, 0.15) is 25.3 Å². The van der Waals surface area contributed by atoms with Gasteiger partial charge < -0.3 is 15.6 Å². The van der Waals surface area contributed by atoms with Gasteiger partial charge in [-0.15, -0.1) is 0 Å². The van der Waals surface area contributed by atoms with E-state index in [1.807, 2.05) is 31.4 Å². The van der Waals surface area contributed by atoms with Gasteiger partial charge >= 0.3 is 0 Å². The van der Waals surface area contributed by atoms with Crippen LogP contribution in [0.15, 0.2) is 30.5 Å². The SMILES string of the molecule is CCCCN(C)C(=O)[C@H](N)Cc1c[nH]c2ccccc12. The highest BCUT2D eigenvalue weighted by atomic mass is 16.2. The number of aromatic nitrogens is 1. The predicted octanol–water partition coefficient (Wildman–Crippen LogP) is 2.30. The minimum Gasteiger partial charge on any atom is -0.361 e. The molecule has 0 saturated heterocycles. The molecule has 3 N–H and O–H groups in total. The van der Waals surface area contributed by atoms with Crippen LogP contribution in [0.5, 0.6) is 0 Å². The molecule has 0 saturated carbocycles. The average molecular weight is 273 g/mol. The third-order valence-corrected chi connectivity index (χ3v) is 3.66. The van der Waals surface area contributed by atoms with Crippen LogP contribution in [-0.4, -0.2) is 35.4 Å². The molecule has 20 heavy (non-hydrogen) atoms. The number of likely N-dealkylation sites (N-methyl/N-ethyl adjacent to an activating group) is 1. The number of carbonyl (C=O) groups excluding carboxylic acids is 1. The number of carbonyl (C=O) groups is 1. The van der Waals surface area contributed by atoms with Gasteiger partial charge in [0, 0.05) is 30.7 Å². The lowest BCUT2D eigenvalue weighted by Crippen LogP contribution is -2.43. The van der Waals surface area contributed by atoms with E-state index in [4.69, 9.17) is 5.73 Å². The number of hydrogen-bond acceptors (Lipinski definition) is 2. The first-order valence-corrected chi connectivity index (χ1v) is 7.19. The van der Waals surface area contributed by atoms with E-state index in [1.54, 1.807) is 4.90 Å². The number of unbranched alkanes of at least 4 members (excludes halogenated alkanes) is 1. The molecule has 4 heteroatoms. The van der Waals surface area contributed by atoms with Gasteiger partial charge in [-0.05, 0) is 24.5 Å². The van der Waals surface area contributed by atoms with Gasteiger partial charge in [-0.25, -0.2) is 0 Å². The van der Waals surface area contributed by atoms with Crippen molar-refractivity contribution in [1.82, 2.24) is 9.88 Å². The van der Waals surface area contributed by atoms with Gasteiger partial charge in [0.1, 0.15) is 0 Å². The highest BCUT2D eigenvalue weighted by molar-refractivity contribution is 5.86. The Morgan fingerprint density at radius 1 is 1.40 bits per heavy atom. The third-order valence-electron chi connectivity index (χ3n) is 3.66. The maximum atomic E-state index is 12.2. The van der Waals surface area contributed by atoms with Crippen LogP contribution in [0, 0.1) is 0 Å². The van der Waals surface area contributed by atoms with Crippen LogP contribution in [-0.2, 0) is 11.2 Å². The molecule has 0 fully saturated rings. The van der Waals surface area contributed by atoms with Gasteiger partial charge in [0.15, 0.2) is 0 Å². The topological polar surface area (TPSA) is 62.1 Å². The first-order chi connectivity index (χ1) is 9.63. The molecule has 4 nitrogen and oxygen atoms in total. The van der Waals surface area contributed by atoms with Gasteiger partial charge in [0.2, 0.25) is 5.91 Å². The lowest BCUT2D eigenvalue weighted by molar-refractivity contribution is -0.131. The molecular formula is C16H23N3O. The van der Waals surface area contributed by atoms with Crippen molar-refractivity contribution in [1.29, 1.82) is 0 Å². The molecule has 1 amide bonds. The van der Waals surface area contributed by atoms with Crippen molar-refractivity contribution in [2.45, 2.75) is 32.2 Å². The molecule has 0 aliphatic carbocycles. The van der Waals surface area contributed by atoms with Crippen molar-refractivity contribution in [2.24, 2.45) is 5.73 Å². The van der Waals surface area contributed by atoms with Crippen molar-refractivity contribution >= 4 is 16.8 Å². The summed E-state index contributed by atoms with van der Waals surface area (Å²) >= 11 is 0. The smallest absolute Gasteiger partial charge is 0.239 e. The van der Waals surface area contributed by atoms with Crippen molar-refractivity contribution in [3.8, 4) is 0 Å². The molecule has 1 atom stereocenters. The van der Waals surface area contributed by atoms with Crippen molar-refractivity contribution in [3.63, 3.8) is 0 Å². The number of nitrogens with zero attached hydrogens (tertiary/aromatic N) is 1. The second-order valence-corrected chi connectivity index (χ2v) is 5.28. The fourth-order valence-corrected chi connectivity index (χ4v) is 2.41. The maximum Gasteiger partial charge on any atom is 0.239 e. The van der Waals surface area contributed by atoms with Gasteiger partial charge in [-0.1, -0.05) is 31.5 Å². The number of rotatable bonds is 6. The molecule has 0 spiro atoms. The standard InChI is InChI=1S/C16H23N3O/c1-3-4-9-19(2)16(20)14(17)10-12-11-18-15-8-6-5-7-13(12)15/h5-8,11,14,18H,3-4,9-10,17H2,1-2H3/t14-/m1/s1. The van der Waals surface area contributed by atoms with E-state index in [9.17, 15) is 4.79 Å². The zero-order valence-corrected chi connectivity index (χ0v) is 12.2. The van der Waals surface area contributed by atoms with Crippen molar-refractivity contribution in [2.75, 3.05) is 13.6 Å². The molecule has 0 aliphatic heterocycles. The molecular weight excluding hydrogens is 250 g/mol. The number of fused-ring (bicyclic) bond motifs is 1. The van der Waals surface area contributed by atoms with Gasteiger partial charge in [0.25, 0.3) is 0 Å². The summed E-state index contributed by atoms with van der Waals surface area (Å²) < 4.78 is 0. The Morgan fingerprint density at radius 2 is 2.15 bits per heavy atom. The number of nitrogens with one attached hydrogen (secondary N) is 1. The van der Waals surface area contributed by atoms with E-state index < -0.39 is 6.04 Å². The zero-order valence-electron chi connectivity index (χ0n) is 12.2. The monoisotopic (exact) mass is 273 g/mol. The number of aromatic amines is 1. The molecule has 0 unspecified atom stereocenters. The van der Waals surface area contributed by atoms with Crippen molar-refractivity contribution < 1.29 is 4.79 Å². The molecule has 2 rings (SSSR count). The van der Waals surface area contributed by atoms with E-state index >= 15 is 0 Å². The molecule has 0 aliphatic rings. The minimum absolute atomic E-state index is 0.0173. The van der Waals surface area contributed by atoms with E-state index in [2.05, 4.69) is 18.0 Å². The fraction of sp³-hybridized carbons (Fsp3) is 0.438. The molecule has 1 aromatic carbocycles. The summed E-state index contributed by atoms with van der Waals surface area (Å²) in [5, 5.41) is 1.15. The van der Waals surface area contributed by atoms with Crippen molar-refractivity contribution in [3.05, 3.63) is 36.0 Å². The molecule has 0 radical (unpaired) electrons. The third kappa shape index (κ3) is 3.20. The minimum atomic E-state index is -0.476. The quantitative estimate of drug-likeness (QED) is 0.848. The zero-order chi connectivity index (χ0) is 14.5. The Morgan fingerprint density at radius 3 is 2.90 bits per heavy atom. The van der Waals surface area contributed by atoms with Crippen LogP contribution in [0.2, 0.25) is 0 Å². The number of benzene rings is 1. The van der Waals surface area contributed by atoms with Gasteiger partial charge in [-0.2, -0.15) is 0 Å². The fourth-order valence-electron chi connectivity index (χ4n) is 2.41. The first-order valence-electron chi connectivity index (χ1n) is 7.19. The number of para-hydroxylation sites is 1. The average Bonchev–Trinajstić information content (AvgIpc) is 2.87. The Kier molecular flexibility index (Phi) is 4.79. The van der Waals surface area contributed by atoms with Crippen LogP contribution in [0.3, 0.4) is 0 Å². The molecule has 1 heterocycles. The Labute approximate surface area is 120 Å². The summed E-state index contributed by atoms with van der Waals surface area (Å²) in [6.45, 7) is 2.89. The summed E-state index contributed by atoms with van der Waals surface area (Å²) in [7, 11) is 1.83. The first kappa shape index (κ1) is 14.6. The van der Waals surface area contributed by atoms with Gasteiger partial charge in [0.05, 0.1) is 6.04 Å². The van der Waals surface area contributed by atoms with Crippen LogP contribution in [0.25, 0.3) is 10.9 Å². The maximum absolute atomic E-state index is 12.2. The van der Waals surface area contributed by atoms with E-state index in [0.29, 0.717) is 6.42 Å². The number of nitrogens with two attached hydrogens (primary N) is 1. The van der Waals surface area contributed by atoms with E-state index in [-0.39, 0.29) is 5.91 Å². The Balaban J connectivity index is 2.03. The highest BCUT2D eigenvalue weighted by Crippen LogP contribution is 2.19. The highest BCUT2D eigenvalue weighted by Gasteiger charge is 2.19. The summed E-state index contributed by atoms with van der Waals surface area (Å²) in [6.07, 6.45) is 4.61. The van der Waals surface area contributed by atoms with Crippen LogP contribution >= 0.6 is 0 Å². The lowest BCUT2D eigenvalue weighted by Gasteiger charge is -2.21. The summed E-state index contributed by atoms with van der Waals surface area (Å²) in [6, 6.07) is 7.60. The van der Waals surface area contributed by atoms with Crippen LogP contribution < -0.4 is 5.73 Å². The predicted molar refractivity (Wildman–Crippen MR) is 82.5 cm³/mol. The van der Waals surface area contributed by atoms with E-state index in [1.165, 1.54) is 0 Å². The molecule has 2 aromatic rings. The lowest BCUT2D eigenvalue weighted by atomic mass is 10.0. The van der Waals surface area contributed by atoms with Gasteiger partial charge in [-0.3, -0.25) is 4.79 Å².